The lowest BCUT2D eigenvalue weighted by atomic mass is 9.97. The summed E-state index contributed by atoms with van der Waals surface area (Å²) in [6.45, 7) is 2.25. The van der Waals surface area contributed by atoms with Crippen LogP contribution >= 0.6 is 24.8 Å². The van der Waals surface area contributed by atoms with Gasteiger partial charge in [-0.1, -0.05) is 0 Å². The van der Waals surface area contributed by atoms with E-state index in [9.17, 15) is 5.11 Å². The van der Waals surface area contributed by atoms with Crippen LogP contribution < -0.4 is 5.32 Å². The van der Waals surface area contributed by atoms with Gasteiger partial charge in [0.2, 0.25) is 0 Å². The molecule has 0 aromatic carbocycles. The highest BCUT2D eigenvalue weighted by atomic mass is 35.5. The van der Waals surface area contributed by atoms with Crippen LogP contribution in [0.4, 0.5) is 0 Å². The third-order valence-electron chi connectivity index (χ3n) is 1.52. The predicted octanol–water partition coefficient (Wildman–Crippen LogP) is -0.274. The fraction of sp³-hybridized carbons (Fsp3) is 1.00. The molecular formula is C6H16Cl2N2O. The Morgan fingerprint density at radius 1 is 1.36 bits per heavy atom. The molecule has 0 amide bonds. The maximum absolute atomic E-state index is 9.48. The third kappa shape index (κ3) is 4.13. The highest BCUT2D eigenvalue weighted by molar-refractivity contribution is 5.85. The van der Waals surface area contributed by atoms with E-state index in [2.05, 4.69) is 5.32 Å². The lowest BCUT2D eigenvalue weighted by Crippen LogP contribution is -2.63. The van der Waals surface area contributed by atoms with Crippen molar-refractivity contribution in [3.05, 3.63) is 0 Å². The van der Waals surface area contributed by atoms with Gasteiger partial charge in [-0.2, -0.15) is 0 Å². The number of hydrogen-bond acceptors (Lipinski definition) is 3. The van der Waals surface area contributed by atoms with Gasteiger partial charge in [-0.05, 0) is 14.1 Å². The van der Waals surface area contributed by atoms with Gasteiger partial charge >= 0.3 is 0 Å². The minimum atomic E-state index is -0.441. The zero-order chi connectivity index (χ0) is 6.91. The summed E-state index contributed by atoms with van der Waals surface area (Å²) in [5, 5.41) is 12.5. The second kappa shape index (κ2) is 5.17. The van der Waals surface area contributed by atoms with E-state index >= 15 is 0 Å². The van der Waals surface area contributed by atoms with Gasteiger partial charge in [0.25, 0.3) is 0 Å². The van der Waals surface area contributed by atoms with Gasteiger partial charge in [0.1, 0.15) is 5.60 Å². The second-order valence-electron chi connectivity index (χ2n) is 3.07. The number of halogens is 2. The molecule has 0 bridgehead atoms. The summed E-state index contributed by atoms with van der Waals surface area (Å²) in [6.07, 6.45) is 0. The molecule has 0 saturated carbocycles. The third-order valence-corrected chi connectivity index (χ3v) is 1.52. The van der Waals surface area contributed by atoms with E-state index in [1.165, 1.54) is 0 Å². The Balaban J connectivity index is 0. The molecule has 5 heteroatoms. The largest absolute Gasteiger partial charge is 0.386 e. The molecule has 0 atom stereocenters. The van der Waals surface area contributed by atoms with Crippen LogP contribution in [-0.2, 0) is 0 Å². The Kier molecular flexibility index (Phi) is 6.58. The van der Waals surface area contributed by atoms with Crippen molar-refractivity contribution >= 4 is 24.8 Å². The number of rotatable bonds is 2. The molecule has 1 rings (SSSR count). The smallest absolute Gasteiger partial charge is 0.102 e. The first-order valence-electron chi connectivity index (χ1n) is 3.20. The summed E-state index contributed by atoms with van der Waals surface area (Å²) in [5.74, 6) is 0. The molecule has 11 heavy (non-hydrogen) atoms. The van der Waals surface area contributed by atoms with E-state index in [-0.39, 0.29) is 24.8 Å². The lowest BCUT2D eigenvalue weighted by molar-refractivity contribution is -0.0285. The van der Waals surface area contributed by atoms with Gasteiger partial charge in [-0.3, -0.25) is 0 Å². The minimum Gasteiger partial charge on any atom is -0.386 e. The summed E-state index contributed by atoms with van der Waals surface area (Å²) in [6, 6.07) is 0. The average Bonchev–Trinajstić information content (AvgIpc) is 1.60. The molecule has 1 heterocycles. The topological polar surface area (TPSA) is 35.5 Å². The number of nitrogens with zero attached hydrogens (tertiary/aromatic N) is 1. The zero-order valence-electron chi connectivity index (χ0n) is 6.83. The number of aliphatic hydroxyl groups is 1. The predicted molar refractivity (Wildman–Crippen MR) is 50.9 cm³/mol. The van der Waals surface area contributed by atoms with Gasteiger partial charge in [0, 0.05) is 19.6 Å². The Morgan fingerprint density at radius 3 is 1.91 bits per heavy atom. The van der Waals surface area contributed by atoms with Gasteiger partial charge < -0.3 is 15.3 Å². The first kappa shape index (κ1) is 14.0. The highest BCUT2D eigenvalue weighted by Gasteiger charge is 2.34. The zero-order valence-corrected chi connectivity index (χ0v) is 8.47. The Morgan fingerprint density at radius 2 is 1.82 bits per heavy atom. The van der Waals surface area contributed by atoms with E-state index in [1.54, 1.807) is 0 Å². The molecular weight excluding hydrogens is 187 g/mol. The van der Waals surface area contributed by atoms with Crippen LogP contribution in [0.2, 0.25) is 0 Å². The molecule has 70 valence electrons. The first-order valence-corrected chi connectivity index (χ1v) is 3.20. The molecule has 0 aliphatic carbocycles. The SMILES string of the molecule is CN(C)CC1(O)CNC1.Cl.Cl. The Bertz CT molecular complexity index is 107. The highest BCUT2D eigenvalue weighted by Crippen LogP contribution is 2.09. The van der Waals surface area contributed by atoms with Crippen LogP contribution in [0.1, 0.15) is 0 Å². The van der Waals surface area contributed by atoms with Crippen molar-refractivity contribution in [2.75, 3.05) is 33.7 Å². The number of hydrogen-bond donors (Lipinski definition) is 2. The van der Waals surface area contributed by atoms with E-state index in [1.807, 2.05) is 19.0 Å². The summed E-state index contributed by atoms with van der Waals surface area (Å²) in [4.78, 5) is 2.00. The van der Waals surface area contributed by atoms with Crippen molar-refractivity contribution in [2.24, 2.45) is 0 Å². The minimum absolute atomic E-state index is 0. The molecule has 0 aromatic rings. The quantitative estimate of drug-likeness (QED) is 0.648. The van der Waals surface area contributed by atoms with Crippen molar-refractivity contribution in [1.29, 1.82) is 0 Å². The number of β-amino-alcohol motifs (C(OH)–C–C–N with tert-alkyl or cyclic N) is 1. The summed E-state index contributed by atoms with van der Waals surface area (Å²) >= 11 is 0. The van der Waals surface area contributed by atoms with Crippen LogP contribution in [0, 0.1) is 0 Å². The average molecular weight is 203 g/mol. The molecule has 0 spiro atoms. The summed E-state index contributed by atoms with van der Waals surface area (Å²) in [7, 11) is 3.94. The summed E-state index contributed by atoms with van der Waals surface area (Å²) < 4.78 is 0. The molecule has 1 aliphatic heterocycles. The van der Waals surface area contributed by atoms with E-state index in [0.717, 1.165) is 19.6 Å². The number of likely N-dealkylation sites (N-methyl/N-ethyl adjacent to an activating group) is 1. The molecule has 0 radical (unpaired) electrons. The Hall–Kier alpha value is 0.460. The van der Waals surface area contributed by atoms with Crippen molar-refractivity contribution in [3.8, 4) is 0 Å². The maximum Gasteiger partial charge on any atom is 0.102 e. The summed E-state index contributed by atoms with van der Waals surface area (Å²) in [5.41, 5.74) is -0.441. The van der Waals surface area contributed by atoms with Crippen LogP contribution in [0.25, 0.3) is 0 Å². The first-order chi connectivity index (χ1) is 4.12. The van der Waals surface area contributed by atoms with Crippen LogP contribution in [0.3, 0.4) is 0 Å². The molecule has 0 aromatic heterocycles. The second-order valence-corrected chi connectivity index (χ2v) is 3.07. The molecule has 1 saturated heterocycles. The molecule has 3 nitrogen and oxygen atoms in total. The Labute approximate surface area is 80.0 Å². The van der Waals surface area contributed by atoms with Gasteiger partial charge in [0.05, 0.1) is 0 Å². The maximum atomic E-state index is 9.48. The van der Waals surface area contributed by atoms with Crippen molar-refractivity contribution in [1.82, 2.24) is 10.2 Å². The normalized spacial score (nSPS) is 19.6. The fourth-order valence-corrected chi connectivity index (χ4v) is 1.11. The van der Waals surface area contributed by atoms with Gasteiger partial charge in [0.15, 0.2) is 0 Å². The van der Waals surface area contributed by atoms with Gasteiger partial charge in [-0.25, -0.2) is 0 Å². The van der Waals surface area contributed by atoms with Crippen molar-refractivity contribution in [2.45, 2.75) is 5.60 Å². The standard InChI is InChI=1S/C6H14N2O.2ClH/c1-8(2)5-6(9)3-7-4-6;;/h7,9H,3-5H2,1-2H3;2*1H. The molecule has 2 N–H and O–H groups in total. The van der Waals surface area contributed by atoms with Crippen LogP contribution in [0.5, 0.6) is 0 Å². The monoisotopic (exact) mass is 202 g/mol. The fourth-order valence-electron chi connectivity index (χ4n) is 1.11. The van der Waals surface area contributed by atoms with Crippen LogP contribution in [0.15, 0.2) is 0 Å². The van der Waals surface area contributed by atoms with Crippen molar-refractivity contribution < 1.29 is 5.11 Å². The van der Waals surface area contributed by atoms with Crippen LogP contribution in [-0.4, -0.2) is 49.3 Å². The van der Waals surface area contributed by atoms with Crippen molar-refractivity contribution in [3.63, 3.8) is 0 Å². The molecule has 1 aliphatic rings. The molecule has 1 fully saturated rings. The van der Waals surface area contributed by atoms with E-state index in [4.69, 9.17) is 0 Å². The number of nitrogens with one attached hydrogen (secondary N) is 1. The van der Waals surface area contributed by atoms with Gasteiger partial charge in [-0.15, -0.1) is 24.8 Å². The lowest BCUT2D eigenvalue weighted by Gasteiger charge is -2.39. The molecule has 0 unspecified atom stereocenters. The van der Waals surface area contributed by atoms with E-state index < -0.39 is 5.60 Å². The van der Waals surface area contributed by atoms with E-state index in [0.29, 0.717) is 0 Å².